The van der Waals surface area contributed by atoms with Crippen molar-refractivity contribution in [1.82, 2.24) is 5.32 Å². The van der Waals surface area contributed by atoms with Crippen molar-refractivity contribution < 1.29 is 48.3 Å². The number of carbonyl (C=O) groups is 3. The largest absolute Gasteiger partial charge is 0.495 e. The van der Waals surface area contributed by atoms with Gasteiger partial charge < -0.3 is 38.8 Å². The zero-order valence-corrected chi connectivity index (χ0v) is 28.1. The number of carbonyl (C=O) groups excluding carboxylic acids is 3. The Morgan fingerprint density at radius 3 is 2.65 bits per heavy atom. The Kier molecular flexibility index (Phi) is 11.1. The number of anilines is 1. The Bertz CT molecular complexity index is 1380. The molecule has 13 heteroatoms. The molecule has 0 radical (unpaired) electrons. The first-order valence-electron chi connectivity index (χ1n) is 15.3. The third-order valence-corrected chi connectivity index (χ3v) is 9.43. The summed E-state index contributed by atoms with van der Waals surface area (Å²) in [5.74, 6) is -1.42. The number of alkyl carbamates (subject to hydrolysis) is 1. The number of hydrogen-bond acceptors (Lipinski definition) is 10. The van der Waals surface area contributed by atoms with Crippen LogP contribution in [-0.2, 0) is 35.0 Å². The standard InChI is InChI=1S/C33H45ClN2O10/c1-18-9-8-10-25(43-7)33(41)16-24(44-31(40)35-33)20(3)30-32(4,46-30)26(45-28(39)12-19(2)17-37)15-27(38)36(5)22-13-21(11-18)14-23(42-6)29(22)34/h8-10,13-14,19-20,24-26,30,37,41H,11-12,15-17H2,1-7H3,(H,35,40)/b10-8+,18-9+/t19?,20-,24+,25-,26+,30+,32+,33+/m1/s1. The maximum atomic E-state index is 13.9. The van der Waals surface area contributed by atoms with Crippen LogP contribution < -0.4 is 15.0 Å². The smallest absolute Gasteiger partial charge is 0.409 e. The van der Waals surface area contributed by atoms with Gasteiger partial charge in [-0.25, -0.2) is 4.79 Å². The van der Waals surface area contributed by atoms with Gasteiger partial charge in [0, 0.05) is 33.1 Å². The number of amides is 2. The minimum Gasteiger partial charge on any atom is -0.495 e. The molecule has 3 aliphatic rings. The molecule has 2 amide bonds. The van der Waals surface area contributed by atoms with E-state index in [1.165, 1.54) is 19.1 Å². The van der Waals surface area contributed by atoms with Gasteiger partial charge >= 0.3 is 12.1 Å². The quantitative estimate of drug-likeness (QED) is 0.303. The number of nitrogens with one attached hydrogen (secondary N) is 1. The lowest BCUT2D eigenvalue weighted by Gasteiger charge is -2.42. The van der Waals surface area contributed by atoms with Crippen LogP contribution in [0.3, 0.4) is 0 Å². The van der Waals surface area contributed by atoms with Gasteiger partial charge in [-0.3, -0.25) is 14.9 Å². The van der Waals surface area contributed by atoms with Gasteiger partial charge in [0.05, 0.1) is 31.7 Å². The van der Waals surface area contributed by atoms with Gasteiger partial charge in [-0.05, 0) is 43.9 Å². The normalized spacial score (nSPS) is 34.3. The van der Waals surface area contributed by atoms with Crippen LogP contribution in [0.1, 0.15) is 52.5 Å². The average Bonchev–Trinajstić information content (AvgIpc) is 3.70. The number of benzene rings is 1. The van der Waals surface area contributed by atoms with Gasteiger partial charge in [-0.1, -0.05) is 49.2 Å². The topological polar surface area (TPSA) is 156 Å². The number of halogens is 1. The van der Waals surface area contributed by atoms with E-state index in [1.807, 2.05) is 19.9 Å². The summed E-state index contributed by atoms with van der Waals surface area (Å²) in [7, 11) is 4.52. The molecule has 2 fully saturated rings. The molecule has 0 spiro atoms. The second-order valence-electron chi connectivity index (χ2n) is 12.8. The number of hydrogen-bond donors (Lipinski definition) is 3. The highest BCUT2D eigenvalue weighted by atomic mass is 35.5. The van der Waals surface area contributed by atoms with E-state index in [0.717, 1.165) is 11.1 Å². The van der Waals surface area contributed by atoms with Crippen LogP contribution >= 0.6 is 11.6 Å². The Hall–Kier alpha value is -3.16. The van der Waals surface area contributed by atoms with Crippen molar-refractivity contribution in [3.8, 4) is 5.75 Å². The summed E-state index contributed by atoms with van der Waals surface area (Å²) in [6, 6.07) is 3.60. The van der Waals surface area contributed by atoms with E-state index in [0.29, 0.717) is 17.9 Å². The van der Waals surface area contributed by atoms with Crippen LogP contribution in [0.2, 0.25) is 5.02 Å². The predicted octanol–water partition coefficient (Wildman–Crippen LogP) is 3.69. The first kappa shape index (κ1) is 35.7. The van der Waals surface area contributed by atoms with E-state index in [2.05, 4.69) is 5.32 Å². The fourth-order valence-electron chi connectivity index (χ4n) is 6.16. The summed E-state index contributed by atoms with van der Waals surface area (Å²) in [5.41, 5.74) is -0.737. The van der Waals surface area contributed by atoms with Crippen LogP contribution in [0, 0.1) is 11.8 Å². The average molecular weight is 665 g/mol. The van der Waals surface area contributed by atoms with E-state index >= 15 is 0 Å². The van der Waals surface area contributed by atoms with Crippen LogP contribution in [-0.4, -0.2) is 91.8 Å². The fraction of sp³-hybridized carbons (Fsp3) is 0.606. The van der Waals surface area contributed by atoms with Crippen molar-refractivity contribution in [2.75, 3.05) is 32.8 Å². The number of epoxide rings is 1. The molecule has 0 aliphatic carbocycles. The van der Waals surface area contributed by atoms with Gasteiger partial charge in [0.2, 0.25) is 5.91 Å². The van der Waals surface area contributed by atoms with Gasteiger partial charge in [-0.15, -0.1) is 0 Å². The van der Waals surface area contributed by atoms with Crippen molar-refractivity contribution in [3.05, 3.63) is 46.5 Å². The maximum Gasteiger partial charge on any atom is 0.409 e. The Morgan fingerprint density at radius 2 is 2.00 bits per heavy atom. The van der Waals surface area contributed by atoms with Gasteiger partial charge in [-0.2, -0.15) is 0 Å². The summed E-state index contributed by atoms with van der Waals surface area (Å²) in [4.78, 5) is 40.9. The molecular formula is C33H45ClN2O10. The first-order chi connectivity index (χ1) is 21.6. The molecule has 1 unspecified atom stereocenters. The van der Waals surface area contributed by atoms with E-state index in [4.69, 9.17) is 35.3 Å². The Morgan fingerprint density at radius 1 is 1.28 bits per heavy atom. The van der Waals surface area contributed by atoms with Crippen molar-refractivity contribution in [2.24, 2.45) is 11.8 Å². The molecule has 1 aromatic rings. The second kappa shape index (κ2) is 14.3. The molecule has 0 saturated carbocycles. The highest BCUT2D eigenvalue weighted by Gasteiger charge is 2.64. The van der Waals surface area contributed by atoms with E-state index in [9.17, 15) is 24.6 Å². The lowest BCUT2D eigenvalue weighted by atomic mass is 9.83. The molecule has 0 aromatic heterocycles. The second-order valence-corrected chi connectivity index (χ2v) is 13.1. The monoisotopic (exact) mass is 664 g/mol. The molecule has 1 aromatic carbocycles. The summed E-state index contributed by atoms with van der Waals surface area (Å²) in [6.45, 7) is 6.97. The zero-order chi connectivity index (χ0) is 34.0. The van der Waals surface area contributed by atoms with Crippen LogP contribution in [0.25, 0.3) is 0 Å². The molecule has 8 atom stereocenters. The lowest BCUT2D eigenvalue weighted by Crippen LogP contribution is -2.63. The summed E-state index contributed by atoms with van der Waals surface area (Å²) in [6.07, 6.45) is 1.26. The van der Waals surface area contributed by atoms with Crippen molar-refractivity contribution in [3.63, 3.8) is 0 Å². The molecule has 3 N–H and O–H groups in total. The predicted molar refractivity (Wildman–Crippen MR) is 170 cm³/mol. The van der Waals surface area contributed by atoms with Gasteiger partial charge in [0.15, 0.2) is 5.72 Å². The SMILES string of the molecule is COc1cc2cc(c1Cl)N(C)C(=O)C[C@H](OC(=O)CC(C)CO)[C@]1(C)O[C@H]1[C@H](C)[C@@H]1C[C@@](O)(NC(=O)O1)[C@H](OC)/C=C/C=C(\C)C2. The first-order valence-corrected chi connectivity index (χ1v) is 15.7. The van der Waals surface area contributed by atoms with Crippen molar-refractivity contribution >= 4 is 35.3 Å². The number of esters is 1. The summed E-state index contributed by atoms with van der Waals surface area (Å²) in [5, 5.41) is 23.8. The number of nitrogens with zero attached hydrogens (tertiary/aromatic N) is 1. The van der Waals surface area contributed by atoms with Crippen LogP contribution in [0.15, 0.2) is 35.9 Å². The number of rotatable bonds is 6. The minimum absolute atomic E-state index is 0.0222. The number of allylic oxidation sites excluding steroid dienone is 3. The van der Waals surface area contributed by atoms with E-state index in [1.54, 1.807) is 45.2 Å². The van der Waals surface area contributed by atoms with Gasteiger partial charge in [0.25, 0.3) is 0 Å². The molecule has 3 aliphatic heterocycles. The summed E-state index contributed by atoms with van der Waals surface area (Å²) >= 11 is 6.69. The minimum atomic E-state index is -1.79. The summed E-state index contributed by atoms with van der Waals surface area (Å²) < 4.78 is 28.8. The van der Waals surface area contributed by atoms with Gasteiger partial charge in [0.1, 0.15) is 34.7 Å². The Labute approximate surface area is 274 Å². The maximum absolute atomic E-state index is 13.9. The number of methoxy groups -OCH3 is 2. The van der Waals surface area contributed by atoms with E-state index < -0.39 is 59.6 Å². The van der Waals surface area contributed by atoms with Crippen LogP contribution in [0.4, 0.5) is 10.5 Å². The van der Waals surface area contributed by atoms with Crippen molar-refractivity contribution in [1.29, 1.82) is 0 Å². The van der Waals surface area contributed by atoms with Crippen molar-refractivity contribution in [2.45, 2.75) is 89.1 Å². The molecule has 46 heavy (non-hydrogen) atoms. The highest BCUT2D eigenvalue weighted by molar-refractivity contribution is 6.35. The third-order valence-electron chi connectivity index (χ3n) is 9.05. The molecular weight excluding hydrogens is 620 g/mol. The molecule has 4 bridgehead atoms. The highest BCUT2D eigenvalue weighted by Crippen LogP contribution is 2.49. The number of fused-ring (bicyclic) bond motifs is 5. The number of aliphatic hydroxyl groups is 2. The molecule has 254 valence electrons. The fourth-order valence-corrected chi connectivity index (χ4v) is 6.47. The van der Waals surface area contributed by atoms with E-state index in [-0.39, 0.29) is 36.8 Å². The number of aliphatic hydroxyl groups excluding tert-OH is 1. The number of ether oxygens (including phenoxy) is 5. The Balaban J connectivity index is 1.78. The molecule has 2 saturated heterocycles. The molecule has 3 heterocycles. The molecule has 12 nitrogen and oxygen atoms in total. The zero-order valence-electron chi connectivity index (χ0n) is 27.4. The lowest BCUT2D eigenvalue weighted by molar-refractivity contribution is -0.155. The third kappa shape index (κ3) is 7.69. The van der Waals surface area contributed by atoms with Crippen LogP contribution in [0.5, 0.6) is 5.75 Å². The molecule has 4 rings (SSSR count).